The maximum absolute atomic E-state index is 13.6. The Bertz CT molecular complexity index is 640. The van der Waals surface area contributed by atoms with Gasteiger partial charge in [-0.05, 0) is 18.1 Å². The predicted molar refractivity (Wildman–Crippen MR) is 72.5 cm³/mol. The molecule has 0 N–H and O–H groups in total. The summed E-state index contributed by atoms with van der Waals surface area (Å²) in [5.41, 5.74) is 0.794. The number of halogens is 4. The third kappa shape index (κ3) is 3.22. The van der Waals surface area contributed by atoms with Crippen LogP contribution in [0.2, 0.25) is 0 Å². The molecule has 2 aromatic rings. The van der Waals surface area contributed by atoms with Crippen molar-refractivity contribution in [2.24, 2.45) is 0 Å². The Morgan fingerprint density at radius 3 is 1.68 bits per heavy atom. The van der Waals surface area contributed by atoms with Crippen LogP contribution >= 0.6 is 0 Å². The zero-order valence-corrected chi connectivity index (χ0v) is 12.1. The van der Waals surface area contributed by atoms with Crippen molar-refractivity contribution in [2.75, 3.05) is 7.11 Å². The number of benzene rings is 2. The second-order valence-corrected chi connectivity index (χ2v) is 4.75. The third-order valence-corrected chi connectivity index (χ3v) is 3.16. The first-order valence-corrected chi connectivity index (χ1v) is 6.47. The van der Waals surface area contributed by atoms with Gasteiger partial charge in [-0.25, -0.2) is 8.78 Å². The van der Waals surface area contributed by atoms with E-state index in [1.54, 1.807) is 31.4 Å². The molecule has 0 aliphatic rings. The maximum Gasteiger partial charge on any atom is 0.204 e. The van der Waals surface area contributed by atoms with Gasteiger partial charge < -0.3 is 9.47 Å². The normalized spacial score (nSPS) is 10.8. The SMILES string of the molecule is COCc1ccc(COc2c(F)c(F)c(C)c(F)c2F)cc1. The fourth-order valence-electron chi connectivity index (χ4n) is 1.90. The minimum atomic E-state index is -1.53. The van der Waals surface area contributed by atoms with Crippen LogP contribution in [-0.4, -0.2) is 7.11 Å². The molecular weight excluding hydrogens is 300 g/mol. The highest BCUT2D eigenvalue weighted by Crippen LogP contribution is 2.30. The van der Waals surface area contributed by atoms with E-state index in [1.165, 1.54) is 0 Å². The molecule has 0 radical (unpaired) electrons. The number of ether oxygens (including phenoxy) is 2. The van der Waals surface area contributed by atoms with Gasteiger partial charge in [-0.1, -0.05) is 24.3 Å². The zero-order chi connectivity index (χ0) is 16.3. The third-order valence-electron chi connectivity index (χ3n) is 3.16. The molecule has 6 heteroatoms. The number of hydrogen-bond acceptors (Lipinski definition) is 2. The summed E-state index contributed by atoms with van der Waals surface area (Å²) >= 11 is 0. The van der Waals surface area contributed by atoms with Crippen LogP contribution in [0.1, 0.15) is 16.7 Å². The Morgan fingerprint density at radius 2 is 1.23 bits per heavy atom. The molecule has 0 aliphatic carbocycles. The van der Waals surface area contributed by atoms with E-state index in [-0.39, 0.29) is 6.61 Å². The number of rotatable bonds is 5. The summed E-state index contributed by atoms with van der Waals surface area (Å²) in [5.74, 6) is -7.03. The quantitative estimate of drug-likeness (QED) is 0.606. The zero-order valence-electron chi connectivity index (χ0n) is 12.1. The maximum atomic E-state index is 13.6. The van der Waals surface area contributed by atoms with Crippen molar-refractivity contribution in [3.05, 3.63) is 64.2 Å². The first-order chi connectivity index (χ1) is 10.5. The molecule has 118 valence electrons. The van der Waals surface area contributed by atoms with E-state index in [9.17, 15) is 17.6 Å². The van der Waals surface area contributed by atoms with Crippen LogP contribution in [0.3, 0.4) is 0 Å². The largest absolute Gasteiger partial charge is 0.483 e. The lowest BCUT2D eigenvalue weighted by Gasteiger charge is -2.11. The second-order valence-electron chi connectivity index (χ2n) is 4.75. The Hall–Kier alpha value is -2.08. The number of methoxy groups -OCH3 is 1. The van der Waals surface area contributed by atoms with Crippen LogP contribution in [0.25, 0.3) is 0 Å². The van der Waals surface area contributed by atoms with Crippen molar-refractivity contribution >= 4 is 0 Å². The molecule has 0 spiro atoms. The second kappa shape index (κ2) is 6.79. The van der Waals surface area contributed by atoms with E-state index >= 15 is 0 Å². The van der Waals surface area contributed by atoms with Crippen LogP contribution in [0.4, 0.5) is 17.6 Å². The highest BCUT2D eigenvalue weighted by molar-refractivity contribution is 5.34. The molecule has 2 aromatic carbocycles. The molecule has 0 heterocycles. The molecule has 0 fully saturated rings. The van der Waals surface area contributed by atoms with Gasteiger partial charge in [0, 0.05) is 12.7 Å². The van der Waals surface area contributed by atoms with Gasteiger partial charge in [0.15, 0.2) is 17.4 Å². The molecule has 0 amide bonds. The average Bonchev–Trinajstić information content (AvgIpc) is 2.53. The van der Waals surface area contributed by atoms with Crippen LogP contribution in [0.15, 0.2) is 24.3 Å². The van der Waals surface area contributed by atoms with Crippen molar-refractivity contribution in [2.45, 2.75) is 20.1 Å². The summed E-state index contributed by atoms with van der Waals surface area (Å²) in [6.07, 6.45) is 0. The average molecular weight is 314 g/mol. The fraction of sp³-hybridized carbons (Fsp3) is 0.250. The molecule has 0 atom stereocenters. The predicted octanol–water partition coefficient (Wildman–Crippen LogP) is 4.28. The van der Waals surface area contributed by atoms with E-state index < -0.39 is 34.6 Å². The summed E-state index contributed by atoms with van der Waals surface area (Å²) < 4.78 is 64.0. The molecule has 2 rings (SSSR count). The highest BCUT2D eigenvalue weighted by Gasteiger charge is 2.24. The fourth-order valence-corrected chi connectivity index (χ4v) is 1.90. The van der Waals surface area contributed by atoms with Crippen molar-refractivity contribution in [3.8, 4) is 5.75 Å². The lowest BCUT2D eigenvalue weighted by atomic mass is 10.1. The minimum absolute atomic E-state index is 0.219. The van der Waals surface area contributed by atoms with Crippen LogP contribution in [0.5, 0.6) is 5.75 Å². The Balaban J connectivity index is 2.18. The smallest absolute Gasteiger partial charge is 0.204 e. The first kappa shape index (κ1) is 16.3. The monoisotopic (exact) mass is 314 g/mol. The molecule has 22 heavy (non-hydrogen) atoms. The molecule has 0 saturated heterocycles. The van der Waals surface area contributed by atoms with Crippen molar-refractivity contribution < 1.29 is 27.0 Å². The molecule has 0 saturated carbocycles. The van der Waals surface area contributed by atoms with Crippen LogP contribution in [0, 0.1) is 30.2 Å². The van der Waals surface area contributed by atoms with Gasteiger partial charge in [-0.3, -0.25) is 0 Å². The molecule has 0 aromatic heterocycles. The van der Waals surface area contributed by atoms with Crippen molar-refractivity contribution in [3.63, 3.8) is 0 Å². The highest BCUT2D eigenvalue weighted by atomic mass is 19.2. The van der Waals surface area contributed by atoms with E-state index in [1.807, 2.05) is 0 Å². The molecule has 0 aliphatic heterocycles. The van der Waals surface area contributed by atoms with Crippen molar-refractivity contribution in [1.29, 1.82) is 0 Å². The summed E-state index contributed by atoms with van der Waals surface area (Å²) in [6, 6.07) is 6.85. The Morgan fingerprint density at radius 1 is 0.773 bits per heavy atom. The molecule has 2 nitrogen and oxygen atoms in total. The van der Waals surface area contributed by atoms with Gasteiger partial charge in [-0.2, -0.15) is 8.78 Å². The summed E-state index contributed by atoms with van der Waals surface area (Å²) in [7, 11) is 1.56. The van der Waals surface area contributed by atoms with E-state index in [2.05, 4.69) is 0 Å². The molecule has 0 bridgehead atoms. The van der Waals surface area contributed by atoms with Gasteiger partial charge in [0.2, 0.25) is 11.6 Å². The Kier molecular flexibility index (Phi) is 5.03. The first-order valence-electron chi connectivity index (χ1n) is 6.47. The summed E-state index contributed by atoms with van der Waals surface area (Å²) in [6.45, 7) is 1.16. The van der Waals surface area contributed by atoms with Crippen LogP contribution < -0.4 is 4.74 Å². The van der Waals surface area contributed by atoms with Gasteiger partial charge >= 0.3 is 0 Å². The van der Waals surface area contributed by atoms with E-state index in [0.29, 0.717) is 12.2 Å². The van der Waals surface area contributed by atoms with Crippen LogP contribution in [-0.2, 0) is 18.0 Å². The van der Waals surface area contributed by atoms with Crippen molar-refractivity contribution in [1.82, 2.24) is 0 Å². The minimum Gasteiger partial charge on any atom is -0.483 e. The standard InChI is InChI=1S/C16H14F4O2/c1-9-12(17)14(19)16(15(20)13(9)18)22-8-11-5-3-10(4-6-11)7-21-2/h3-6H,7-8H2,1-2H3. The summed E-state index contributed by atoms with van der Waals surface area (Å²) in [5, 5.41) is 0. The molecular formula is C16H14F4O2. The van der Waals surface area contributed by atoms with Gasteiger partial charge in [0.25, 0.3) is 0 Å². The lowest BCUT2D eigenvalue weighted by Crippen LogP contribution is -2.06. The summed E-state index contributed by atoms with van der Waals surface area (Å²) in [4.78, 5) is 0. The van der Waals surface area contributed by atoms with Gasteiger partial charge in [0.1, 0.15) is 6.61 Å². The number of hydrogen-bond donors (Lipinski definition) is 0. The Labute approximate surface area is 125 Å². The molecule has 0 unspecified atom stereocenters. The van der Waals surface area contributed by atoms with Gasteiger partial charge in [-0.15, -0.1) is 0 Å². The lowest BCUT2D eigenvalue weighted by molar-refractivity contribution is 0.185. The van der Waals surface area contributed by atoms with Gasteiger partial charge in [0.05, 0.1) is 6.61 Å². The van der Waals surface area contributed by atoms with E-state index in [4.69, 9.17) is 9.47 Å². The topological polar surface area (TPSA) is 18.5 Å². The van der Waals surface area contributed by atoms with E-state index in [0.717, 1.165) is 12.5 Å².